The zero-order valence-corrected chi connectivity index (χ0v) is 14.5. The van der Waals surface area contributed by atoms with Crippen LogP contribution in [0.3, 0.4) is 0 Å². The second kappa shape index (κ2) is 8.10. The molecule has 7 heteroatoms. The van der Waals surface area contributed by atoms with E-state index in [4.69, 9.17) is 9.47 Å². The van der Waals surface area contributed by atoms with E-state index in [0.29, 0.717) is 19.6 Å². The highest BCUT2D eigenvalue weighted by molar-refractivity contribution is 7.91. The Labute approximate surface area is 137 Å². The average molecular weight is 343 g/mol. The molecular weight excluding hydrogens is 318 g/mol. The van der Waals surface area contributed by atoms with E-state index in [1.807, 2.05) is 36.2 Å². The van der Waals surface area contributed by atoms with Gasteiger partial charge in [-0.05, 0) is 31.2 Å². The lowest BCUT2D eigenvalue weighted by atomic mass is 10.2. The number of nitrogens with zero attached hydrogens (tertiary/aromatic N) is 1. The first-order valence-corrected chi connectivity index (χ1v) is 9.51. The number of rotatable bonds is 8. The Morgan fingerprint density at radius 1 is 1.35 bits per heavy atom. The molecule has 1 heterocycles. The molecule has 23 heavy (non-hydrogen) atoms. The van der Waals surface area contributed by atoms with Crippen LogP contribution in [0, 0.1) is 0 Å². The Hall–Kier alpha value is -1.15. The molecule has 0 bridgehead atoms. The molecule has 0 saturated carbocycles. The molecule has 1 aromatic carbocycles. The molecule has 0 aliphatic carbocycles. The molecule has 1 saturated heterocycles. The Kier molecular flexibility index (Phi) is 6.41. The molecule has 2 rings (SSSR count). The minimum Gasteiger partial charge on any atom is -0.497 e. The lowest BCUT2D eigenvalue weighted by Gasteiger charge is -2.25. The van der Waals surface area contributed by atoms with Gasteiger partial charge in [-0.25, -0.2) is 8.42 Å². The second-order valence-corrected chi connectivity index (χ2v) is 8.24. The molecule has 0 unspecified atom stereocenters. The van der Waals surface area contributed by atoms with Crippen molar-refractivity contribution >= 4 is 9.84 Å². The van der Waals surface area contributed by atoms with Crippen LogP contribution in [0.1, 0.15) is 12.0 Å². The number of likely N-dealkylation sites (N-methyl/N-ethyl adjacent to an activating group) is 1. The van der Waals surface area contributed by atoms with E-state index in [1.165, 1.54) is 0 Å². The number of aliphatic hydroxyl groups excluding tert-OH is 1. The van der Waals surface area contributed by atoms with Crippen molar-refractivity contribution in [3.8, 4) is 5.75 Å². The summed E-state index contributed by atoms with van der Waals surface area (Å²) in [6, 6.07) is 7.56. The Morgan fingerprint density at radius 2 is 2.04 bits per heavy atom. The predicted octanol–water partition coefficient (Wildman–Crippen LogP) is 0.692. The first-order chi connectivity index (χ1) is 10.9. The van der Waals surface area contributed by atoms with E-state index < -0.39 is 15.9 Å². The van der Waals surface area contributed by atoms with Crippen LogP contribution in [0.25, 0.3) is 0 Å². The lowest BCUT2D eigenvalue weighted by molar-refractivity contribution is 0.00911. The third-order valence-electron chi connectivity index (χ3n) is 4.07. The van der Waals surface area contributed by atoms with Gasteiger partial charge in [0.05, 0.1) is 37.9 Å². The average Bonchev–Trinajstić information content (AvgIpc) is 2.88. The number of hydrogen-bond donors (Lipinski definition) is 1. The minimum absolute atomic E-state index is 0.00348. The summed E-state index contributed by atoms with van der Waals surface area (Å²) >= 11 is 0. The zero-order valence-electron chi connectivity index (χ0n) is 13.6. The third kappa shape index (κ3) is 5.76. The molecule has 1 fully saturated rings. The lowest BCUT2D eigenvalue weighted by Crippen LogP contribution is -2.39. The highest BCUT2D eigenvalue weighted by atomic mass is 32.2. The fourth-order valence-electron chi connectivity index (χ4n) is 2.69. The molecular formula is C16H25NO5S. The summed E-state index contributed by atoms with van der Waals surface area (Å²) < 4.78 is 33.6. The van der Waals surface area contributed by atoms with Gasteiger partial charge in [-0.2, -0.15) is 0 Å². The van der Waals surface area contributed by atoms with E-state index in [2.05, 4.69) is 0 Å². The van der Waals surface area contributed by atoms with Crippen LogP contribution in [0.5, 0.6) is 5.75 Å². The van der Waals surface area contributed by atoms with E-state index in [0.717, 1.165) is 11.3 Å². The Morgan fingerprint density at radius 3 is 2.61 bits per heavy atom. The fraction of sp³-hybridized carbons (Fsp3) is 0.625. The number of ether oxygens (including phenoxy) is 2. The van der Waals surface area contributed by atoms with E-state index in [-0.39, 0.29) is 24.2 Å². The normalized spacial score (nSPS) is 21.5. The van der Waals surface area contributed by atoms with Crippen LogP contribution in [0.2, 0.25) is 0 Å². The van der Waals surface area contributed by atoms with Gasteiger partial charge in [0.15, 0.2) is 9.84 Å². The molecule has 130 valence electrons. The Balaban J connectivity index is 1.69. The van der Waals surface area contributed by atoms with Gasteiger partial charge in [-0.15, -0.1) is 0 Å². The quantitative estimate of drug-likeness (QED) is 0.748. The van der Waals surface area contributed by atoms with Crippen molar-refractivity contribution in [2.24, 2.45) is 0 Å². The fourth-order valence-corrected chi connectivity index (χ4v) is 4.50. The van der Waals surface area contributed by atoms with Gasteiger partial charge in [0.2, 0.25) is 0 Å². The minimum atomic E-state index is -2.90. The number of sulfone groups is 1. The maximum atomic E-state index is 11.5. The third-order valence-corrected chi connectivity index (χ3v) is 5.82. The maximum Gasteiger partial charge on any atom is 0.151 e. The van der Waals surface area contributed by atoms with Crippen molar-refractivity contribution in [1.29, 1.82) is 0 Å². The van der Waals surface area contributed by atoms with Gasteiger partial charge >= 0.3 is 0 Å². The van der Waals surface area contributed by atoms with Gasteiger partial charge in [-0.3, -0.25) is 4.90 Å². The van der Waals surface area contributed by atoms with E-state index in [1.54, 1.807) is 7.11 Å². The van der Waals surface area contributed by atoms with Crippen LogP contribution < -0.4 is 4.74 Å². The number of aliphatic hydroxyl groups is 1. The molecule has 1 aliphatic heterocycles. The predicted molar refractivity (Wildman–Crippen MR) is 88.3 cm³/mol. The first kappa shape index (κ1) is 18.2. The van der Waals surface area contributed by atoms with Crippen LogP contribution in [0.15, 0.2) is 24.3 Å². The second-order valence-electron chi connectivity index (χ2n) is 6.01. The van der Waals surface area contributed by atoms with Crippen LogP contribution in [-0.4, -0.2) is 69.4 Å². The van der Waals surface area contributed by atoms with Crippen molar-refractivity contribution in [1.82, 2.24) is 4.90 Å². The summed E-state index contributed by atoms with van der Waals surface area (Å²) in [5.41, 5.74) is 1.01. The standard InChI is InChI=1S/C16H25NO5S/c1-17(14-7-8-23(19,20)12-14)9-15(18)11-22-10-13-3-5-16(21-2)6-4-13/h3-6,14-15,18H,7-12H2,1-2H3/t14-,15-/m0/s1. The molecule has 0 radical (unpaired) electrons. The summed E-state index contributed by atoms with van der Waals surface area (Å²) in [5.74, 6) is 1.22. The molecule has 2 atom stereocenters. The van der Waals surface area contributed by atoms with Gasteiger partial charge in [0.1, 0.15) is 5.75 Å². The first-order valence-electron chi connectivity index (χ1n) is 7.69. The molecule has 0 aromatic heterocycles. The molecule has 1 N–H and O–H groups in total. The summed E-state index contributed by atoms with van der Waals surface area (Å²) in [5, 5.41) is 10.0. The highest BCUT2D eigenvalue weighted by Gasteiger charge is 2.31. The monoisotopic (exact) mass is 343 g/mol. The Bertz CT molecular complexity index is 587. The number of methoxy groups -OCH3 is 1. The van der Waals surface area contributed by atoms with Crippen molar-refractivity contribution in [2.45, 2.75) is 25.2 Å². The topological polar surface area (TPSA) is 76.1 Å². The summed E-state index contributed by atoms with van der Waals surface area (Å²) in [6.45, 7) is 1.04. The van der Waals surface area contributed by atoms with Gasteiger partial charge in [-0.1, -0.05) is 12.1 Å². The van der Waals surface area contributed by atoms with Crippen LogP contribution in [-0.2, 0) is 21.2 Å². The van der Waals surface area contributed by atoms with Gasteiger partial charge in [0, 0.05) is 12.6 Å². The summed E-state index contributed by atoms with van der Waals surface area (Å²) in [4.78, 5) is 1.91. The van der Waals surface area contributed by atoms with E-state index >= 15 is 0 Å². The van der Waals surface area contributed by atoms with Gasteiger partial charge in [0.25, 0.3) is 0 Å². The van der Waals surface area contributed by atoms with E-state index in [9.17, 15) is 13.5 Å². The molecule has 0 spiro atoms. The zero-order chi connectivity index (χ0) is 16.9. The van der Waals surface area contributed by atoms with Crippen LogP contribution >= 0.6 is 0 Å². The summed E-state index contributed by atoms with van der Waals surface area (Å²) in [6.07, 6.45) is -0.000290. The highest BCUT2D eigenvalue weighted by Crippen LogP contribution is 2.17. The van der Waals surface area contributed by atoms with Crippen molar-refractivity contribution < 1.29 is 23.0 Å². The summed E-state index contributed by atoms with van der Waals surface area (Å²) in [7, 11) is 0.565. The van der Waals surface area contributed by atoms with Crippen LogP contribution in [0.4, 0.5) is 0 Å². The van der Waals surface area contributed by atoms with Crippen molar-refractivity contribution in [3.05, 3.63) is 29.8 Å². The maximum absolute atomic E-state index is 11.5. The number of benzene rings is 1. The SMILES string of the molecule is COc1ccc(COC[C@@H](O)CN(C)[C@H]2CCS(=O)(=O)C2)cc1. The molecule has 6 nitrogen and oxygen atoms in total. The van der Waals surface area contributed by atoms with Gasteiger partial charge < -0.3 is 14.6 Å². The molecule has 0 amide bonds. The number of hydrogen-bond acceptors (Lipinski definition) is 6. The largest absolute Gasteiger partial charge is 0.497 e. The molecule has 1 aliphatic rings. The van der Waals surface area contributed by atoms with Crippen molar-refractivity contribution in [2.75, 3.05) is 38.8 Å². The van der Waals surface area contributed by atoms with Crippen molar-refractivity contribution in [3.63, 3.8) is 0 Å². The molecule has 1 aromatic rings. The smallest absolute Gasteiger partial charge is 0.151 e.